The van der Waals surface area contributed by atoms with Crippen LogP contribution in [0.15, 0.2) is 53.2 Å². The zero-order valence-corrected chi connectivity index (χ0v) is 15.5. The van der Waals surface area contributed by atoms with E-state index in [0.717, 1.165) is 54.0 Å². The molecular formula is C20H20N6O2. The Balaban J connectivity index is 1.49. The fraction of sp³-hybridized carbons (Fsp3) is 0.300. The SMILES string of the molecule is Cc1nnnn1-c1cccc(-n2ccnc2-c2ccc(C3CCCCO3)o2)c1. The van der Waals surface area contributed by atoms with Crippen molar-refractivity contribution in [2.75, 3.05) is 6.61 Å². The Kier molecular flexibility index (Phi) is 4.25. The standard InChI is InChI=1S/C20H20N6O2/c1-14-22-23-24-26(14)16-6-4-5-15(13-16)25-11-10-21-20(25)19-9-8-18(28-19)17-7-2-3-12-27-17/h4-6,8-11,13,17H,2-3,7,12H2,1H3. The molecule has 8 heteroatoms. The minimum absolute atomic E-state index is 0.0389. The molecule has 1 aliphatic rings. The maximum absolute atomic E-state index is 6.11. The van der Waals surface area contributed by atoms with E-state index in [1.165, 1.54) is 6.42 Å². The smallest absolute Gasteiger partial charge is 0.180 e. The molecule has 28 heavy (non-hydrogen) atoms. The summed E-state index contributed by atoms with van der Waals surface area (Å²) in [7, 11) is 0. The number of aromatic nitrogens is 6. The minimum atomic E-state index is 0.0389. The van der Waals surface area contributed by atoms with Crippen LogP contribution in [0.2, 0.25) is 0 Å². The summed E-state index contributed by atoms with van der Waals surface area (Å²) in [5, 5.41) is 11.7. The molecule has 1 atom stereocenters. The normalized spacial score (nSPS) is 17.1. The van der Waals surface area contributed by atoms with Crippen molar-refractivity contribution in [1.29, 1.82) is 0 Å². The lowest BCUT2D eigenvalue weighted by molar-refractivity contribution is 0.00219. The molecule has 0 N–H and O–H groups in total. The Morgan fingerprint density at radius 2 is 2.04 bits per heavy atom. The number of hydrogen-bond acceptors (Lipinski definition) is 6. The molecule has 0 radical (unpaired) electrons. The molecule has 1 saturated heterocycles. The Morgan fingerprint density at radius 3 is 2.86 bits per heavy atom. The summed E-state index contributed by atoms with van der Waals surface area (Å²) in [6, 6.07) is 11.9. The van der Waals surface area contributed by atoms with E-state index in [0.29, 0.717) is 0 Å². The van der Waals surface area contributed by atoms with Gasteiger partial charge in [0.05, 0.1) is 5.69 Å². The van der Waals surface area contributed by atoms with Crippen LogP contribution < -0.4 is 0 Å². The second-order valence-corrected chi connectivity index (χ2v) is 6.84. The van der Waals surface area contributed by atoms with E-state index in [9.17, 15) is 0 Å². The van der Waals surface area contributed by atoms with E-state index < -0.39 is 0 Å². The molecule has 4 heterocycles. The third-order valence-corrected chi connectivity index (χ3v) is 4.96. The third kappa shape index (κ3) is 3.01. The molecule has 0 amide bonds. The molecule has 8 nitrogen and oxygen atoms in total. The number of benzene rings is 1. The van der Waals surface area contributed by atoms with Crippen molar-refractivity contribution in [2.45, 2.75) is 32.3 Å². The van der Waals surface area contributed by atoms with Gasteiger partial charge in [-0.3, -0.25) is 4.57 Å². The van der Waals surface area contributed by atoms with Crippen LogP contribution in [0.5, 0.6) is 0 Å². The van der Waals surface area contributed by atoms with Gasteiger partial charge in [-0.15, -0.1) is 5.10 Å². The number of tetrazole rings is 1. The van der Waals surface area contributed by atoms with E-state index in [2.05, 4.69) is 20.5 Å². The van der Waals surface area contributed by atoms with Crippen LogP contribution in [-0.2, 0) is 4.74 Å². The molecule has 1 aromatic carbocycles. The lowest BCUT2D eigenvalue weighted by Crippen LogP contribution is -2.10. The highest BCUT2D eigenvalue weighted by atomic mass is 16.5. The average Bonchev–Trinajstić information content (AvgIpc) is 3.49. The summed E-state index contributed by atoms with van der Waals surface area (Å²) in [5.41, 5.74) is 1.84. The van der Waals surface area contributed by atoms with Crippen molar-refractivity contribution in [3.63, 3.8) is 0 Å². The molecule has 1 fully saturated rings. The van der Waals surface area contributed by atoms with Crippen LogP contribution in [0, 0.1) is 6.92 Å². The summed E-state index contributed by atoms with van der Waals surface area (Å²) in [6.07, 6.45) is 7.00. The number of aryl methyl sites for hydroxylation is 1. The van der Waals surface area contributed by atoms with Gasteiger partial charge in [0, 0.05) is 24.7 Å². The van der Waals surface area contributed by atoms with Gasteiger partial charge in [0.1, 0.15) is 11.9 Å². The number of furan rings is 1. The highest BCUT2D eigenvalue weighted by Gasteiger charge is 2.21. The molecule has 0 bridgehead atoms. The summed E-state index contributed by atoms with van der Waals surface area (Å²) in [5.74, 6) is 3.05. The third-order valence-electron chi connectivity index (χ3n) is 4.96. The second-order valence-electron chi connectivity index (χ2n) is 6.84. The quantitative estimate of drug-likeness (QED) is 0.540. The lowest BCUT2D eigenvalue weighted by Gasteiger charge is -2.20. The van der Waals surface area contributed by atoms with Crippen LogP contribution in [-0.4, -0.2) is 36.4 Å². The molecule has 0 aliphatic carbocycles. The minimum Gasteiger partial charge on any atom is -0.455 e. The molecule has 0 saturated carbocycles. The van der Waals surface area contributed by atoms with E-state index >= 15 is 0 Å². The van der Waals surface area contributed by atoms with Gasteiger partial charge in [-0.25, -0.2) is 4.98 Å². The first kappa shape index (κ1) is 16.9. The summed E-state index contributed by atoms with van der Waals surface area (Å²) in [4.78, 5) is 4.51. The van der Waals surface area contributed by atoms with Gasteiger partial charge in [0.15, 0.2) is 17.4 Å². The maximum Gasteiger partial charge on any atom is 0.180 e. The highest BCUT2D eigenvalue weighted by Crippen LogP contribution is 2.32. The molecule has 3 aromatic heterocycles. The molecule has 4 aromatic rings. The van der Waals surface area contributed by atoms with Gasteiger partial charge in [0.2, 0.25) is 0 Å². The molecular weight excluding hydrogens is 356 g/mol. The van der Waals surface area contributed by atoms with E-state index in [1.807, 2.05) is 54.1 Å². The predicted octanol–water partition coefficient (Wildman–Crippen LogP) is 3.66. The molecule has 1 aliphatic heterocycles. The van der Waals surface area contributed by atoms with Crippen LogP contribution in [0.1, 0.15) is 37.0 Å². The topological polar surface area (TPSA) is 83.8 Å². The van der Waals surface area contributed by atoms with Crippen LogP contribution in [0.3, 0.4) is 0 Å². The molecule has 142 valence electrons. The van der Waals surface area contributed by atoms with Crippen molar-refractivity contribution in [2.24, 2.45) is 0 Å². The largest absolute Gasteiger partial charge is 0.455 e. The first-order chi connectivity index (χ1) is 13.8. The van der Waals surface area contributed by atoms with E-state index in [1.54, 1.807) is 10.9 Å². The molecule has 1 unspecified atom stereocenters. The van der Waals surface area contributed by atoms with E-state index in [4.69, 9.17) is 9.15 Å². The Bertz CT molecular complexity index is 1090. The monoisotopic (exact) mass is 376 g/mol. The first-order valence-corrected chi connectivity index (χ1v) is 9.40. The first-order valence-electron chi connectivity index (χ1n) is 9.40. The Hall–Kier alpha value is -3.26. The van der Waals surface area contributed by atoms with Gasteiger partial charge in [-0.2, -0.15) is 4.68 Å². The fourth-order valence-corrected chi connectivity index (χ4v) is 3.55. The number of hydrogen-bond donors (Lipinski definition) is 0. The van der Waals surface area contributed by atoms with Crippen molar-refractivity contribution in [3.8, 4) is 23.0 Å². The van der Waals surface area contributed by atoms with Crippen LogP contribution in [0.4, 0.5) is 0 Å². The lowest BCUT2D eigenvalue weighted by atomic mass is 10.1. The van der Waals surface area contributed by atoms with Gasteiger partial charge in [0.25, 0.3) is 0 Å². The van der Waals surface area contributed by atoms with Gasteiger partial charge in [-0.05, 0) is 66.9 Å². The van der Waals surface area contributed by atoms with Crippen molar-refractivity contribution < 1.29 is 9.15 Å². The number of rotatable bonds is 4. The maximum atomic E-state index is 6.11. The van der Waals surface area contributed by atoms with Crippen molar-refractivity contribution >= 4 is 0 Å². The van der Waals surface area contributed by atoms with Gasteiger partial charge >= 0.3 is 0 Å². The van der Waals surface area contributed by atoms with Crippen LogP contribution in [0.25, 0.3) is 23.0 Å². The molecule has 0 spiro atoms. The summed E-state index contributed by atoms with van der Waals surface area (Å²) < 4.78 is 15.6. The van der Waals surface area contributed by atoms with E-state index in [-0.39, 0.29) is 6.10 Å². The van der Waals surface area contributed by atoms with Gasteiger partial charge < -0.3 is 9.15 Å². The number of ether oxygens (including phenoxy) is 1. The molecule has 5 rings (SSSR count). The Labute approximate surface area is 161 Å². The highest BCUT2D eigenvalue weighted by molar-refractivity contribution is 5.54. The van der Waals surface area contributed by atoms with Gasteiger partial charge in [-0.1, -0.05) is 6.07 Å². The van der Waals surface area contributed by atoms with Crippen molar-refractivity contribution in [1.82, 2.24) is 29.8 Å². The zero-order chi connectivity index (χ0) is 18.9. The van der Waals surface area contributed by atoms with Crippen LogP contribution >= 0.6 is 0 Å². The summed E-state index contributed by atoms with van der Waals surface area (Å²) >= 11 is 0. The predicted molar refractivity (Wildman–Crippen MR) is 101 cm³/mol. The fourth-order valence-electron chi connectivity index (χ4n) is 3.55. The number of nitrogens with zero attached hydrogens (tertiary/aromatic N) is 6. The van der Waals surface area contributed by atoms with Crippen molar-refractivity contribution in [3.05, 3.63) is 60.4 Å². The summed E-state index contributed by atoms with van der Waals surface area (Å²) in [6.45, 7) is 2.66. The second kappa shape index (κ2) is 7.05. The zero-order valence-electron chi connectivity index (χ0n) is 15.5. The Morgan fingerprint density at radius 1 is 1.11 bits per heavy atom. The average molecular weight is 376 g/mol. The number of imidazole rings is 1.